The summed E-state index contributed by atoms with van der Waals surface area (Å²) in [6, 6.07) is -0.415. The van der Waals surface area contributed by atoms with E-state index < -0.39 is 12.0 Å². The van der Waals surface area contributed by atoms with E-state index in [1.54, 1.807) is 17.5 Å². The molecule has 2 heterocycles. The number of rotatable bonds is 4. The summed E-state index contributed by atoms with van der Waals surface area (Å²) in [5.41, 5.74) is 0. The summed E-state index contributed by atoms with van der Waals surface area (Å²) in [5.74, 6) is -0.757. The Hall–Kier alpha value is -0.980. The van der Waals surface area contributed by atoms with Crippen LogP contribution in [-0.4, -0.2) is 46.7 Å². The van der Waals surface area contributed by atoms with Crippen LogP contribution in [0.5, 0.6) is 0 Å². The average molecular weight is 256 g/mol. The van der Waals surface area contributed by atoms with Crippen LogP contribution in [0.2, 0.25) is 0 Å². The molecule has 2 unspecified atom stereocenters. The van der Waals surface area contributed by atoms with E-state index in [-0.39, 0.29) is 6.10 Å². The SMILES string of the molecule is CCC(C(=O)O)N1CCOC(c2nccs2)C1. The smallest absolute Gasteiger partial charge is 0.320 e. The first-order chi connectivity index (χ1) is 8.22. The highest BCUT2D eigenvalue weighted by molar-refractivity contribution is 7.09. The maximum absolute atomic E-state index is 11.1. The molecule has 1 aliphatic heterocycles. The van der Waals surface area contributed by atoms with Gasteiger partial charge in [0.25, 0.3) is 0 Å². The van der Waals surface area contributed by atoms with Crippen LogP contribution >= 0.6 is 11.3 Å². The molecule has 1 aliphatic rings. The maximum atomic E-state index is 11.1. The molecule has 2 atom stereocenters. The van der Waals surface area contributed by atoms with Crippen molar-refractivity contribution in [2.45, 2.75) is 25.5 Å². The van der Waals surface area contributed by atoms with Crippen molar-refractivity contribution < 1.29 is 14.6 Å². The van der Waals surface area contributed by atoms with Crippen molar-refractivity contribution in [3.05, 3.63) is 16.6 Å². The van der Waals surface area contributed by atoms with Crippen molar-refractivity contribution in [3.63, 3.8) is 0 Å². The van der Waals surface area contributed by atoms with Gasteiger partial charge in [-0.2, -0.15) is 0 Å². The summed E-state index contributed by atoms with van der Waals surface area (Å²) in [7, 11) is 0. The standard InChI is InChI=1S/C11H16N2O3S/c1-2-8(11(14)15)13-4-5-16-9(7-13)10-12-3-6-17-10/h3,6,8-9H,2,4-5,7H2,1H3,(H,14,15). The second kappa shape index (κ2) is 5.57. The van der Waals surface area contributed by atoms with E-state index in [2.05, 4.69) is 4.98 Å². The van der Waals surface area contributed by atoms with Gasteiger partial charge in [-0.25, -0.2) is 4.98 Å². The second-order valence-electron chi connectivity index (χ2n) is 3.99. The van der Waals surface area contributed by atoms with Crippen molar-refractivity contribution in [1.29, 1.82) is 0 Å². The molecule has 6 heteroatoms. The fourth-order valence-corrected chi connectivity index (χ4v) is 2.76. The topological polar surface area (TPSA) is 62.7 Å². The van der Waals surface area contributed by atoms with E-state index in [1.165, 1.54) is 0 Å². The Morgan fingerprint density at radius 2 is 2.65 bits per heavy atom. The molecule has 0 saturated carbocycles. The number of hydrogen-bond donors (Lipinski definition) is 1. The molecular weight excluding hydrogens is 240 g/mol. The maximum Gasteiger partial charge on any atom is 0.320 e. The number of ether oxygens (including phenoxy) is 1. The predicted molar refractivity (Wildman–Crippen MR) is 64.1 cm³/mol. The fourth-order valence-electron chi connectivity index (χ4n) is 2.08. The molecule has 0 aromatic carbocycles. The zero-order chi connectivity index (χ0) is 12.3. The van der Waals surface area contributed by atoms with Crippen LogP contribution in [0.3, 0.4) is 0 Å². The largest absolute Gasteiger partial charge is 0.480 e. The number of carbonyl (C=O) groups is 1. The Morgan fingerprint density at radius 1 is 1.82 bits per heavy atom. The Labute approximate surface area is 104 Å². The summed E-state index contributed by atoms with van der Waals surface area (Å²) >= 11 is 1.55. The van der Waals surface area contributed by atoms with Gasteiger partial charge < -0.3 is 9.84 Å². The van der Waals surface area contributed by atoms with Gasteiger partial charge in [0.2, 0.25) is 0 Å². The molecular formula is C11H16N2O3S. The third kappa shape index (κ3) is 2.83. The Bertz CT molecular complexity index is 369. The van der Waals surface area contributed by atoms with Crippen LogP contribution < -0.4 is 0 Å². The first kappa shape index (κ1) is 12.5. The molecule has 94 valence electrons. The first-order valence-electron chi connectivity index (χ1n) is 5.70. The molecule has 0 radical (unpaired) electrons. The lowest BCUT2D eigenvalue weighted by atomic mass is 10.1. The van der Waals surface area contributed by atoms with Crippen molar-refractivity contribution in [2.24, 2.45) is 0 Å². The summed E-state index contributed by atoms with van der Waals surface area (Å²) in [6.45, 7) is 3.74. The molecule has 0 bridgehead atoms. The zero-order valence-corrected chi connectivity index (χ0v) is 10.5. The summed E-state index contributed by atoms with van der Waals surface area (Å²) < 4.78 is 5.64. The highest BCUT2D eigenvalue weighted by Crippen LogP contribution is 2.25. The molecule has 0 spiro atoms. The van der Waals surface area contributed by atoms with Gasteiger partial charge in [-0.3, -0.25) is 9.69 Å². The number of hydrogen-bond acceptors (Lipinski definition) is 5. The molecule has 1 N–H and O–H groups in total. The van der Waals surface area contributed by atoms with Gasteiger partial charge in [-0.1, -0.05) is 6.92 Å². The van der Waals surface area contributed by atoms with Crippen LogP contribution in [0.25, 0.3) is 0 Å². The van der Waals surface area contributed by atoms with Crippen molar-refractivity contribution in [2.75, 3.05) is 19.7 Å². The summed E-state index contributed by atoms with van der Waals surface area (Å²) in [4.78, 5) is 17.3. The van der Waals surface area contributed by atoms with E-state index in [1.807, 2.05) is 17.2 Å². The minimum atomic E-state index is -0.757. The molecule has 1 aromatic heterocycles. The lowest BCUT2D eigenvalue weighted by molar-refractivity contribution is -0.147. The molecule has 0 amide bonds. The first-order valence-corrected chi connectivity index (χ1v) is 6.58. The number of morpholine rings is 1. The molecule has 1 saturated heterocycles. The Morgan fingerprint density at radius 3 is 3.24 bits per heavy atom. The summed E-state index contributed by atoms with van der Waals surface area (Å²) in [6.07, 6.45) is 2.27. The Balaban J connectivity index is 2.04. The van der Waals surface area contributed by atoms with E-state index in [0.29, 0.717) is 26.1 Å². The van der Waals surface area contributed by atoms with Gasteiger partial charge >= 0.3 is 5.97 Å². The van der Waals surface area contributed by atoms with E-state index >= 15 is 0 Å². The molecule has 5 nitrogen and oxygen atoms in total. The van der Waals surface area contributed by atoms with E-state index in [4.69, 9.17) is 9.84 Å². The van der Waals surface area contributed by atoms with Crippen LogP contribution in [-0.2, 0) is 9.53 Å². The van der Waals surface area contributed by atoms with Crippen molar-refractivity contribution in [3.8, 4) is 0 Å². The monoisotopic (exact) mass is 256 g/mol. The fraction of sp³-hybridized carbons (Fsp3) is 0.636. The lowest BCUT2D eigenvalue weighted by Gasteiger charge is -2.35. The molecule has 2 rings (SSSR count). The van der Waals surface area contributed by atoms with Gasteiger partial charge in [-0.15, -0.1) is 11.3 Å². The second-order valence-corrected chi connectivity index (χ2v) is 4.91. The highest BCUT2D eigenvalue weighted by Gasteiger charge is 2.31. The third-order valence-electron chi connectivity index (χ3n) is 2.94. The van der Waals surface area contributed by atoms with Gasteiger partial charge in [0.05, 0.1) is 6.61 Å². The minimum absolute atomic E-state index is 0.0860. The number of aliphatic carboxylic acids is 1. The zero-order valence-electron chi connectivity index (χ0n) is 9.70. The van der Waals surface area contributed by atoms with E-state index in [0.717, 1.165) is 5.01 Å². The molecule has 17 heavy (non-hydrogen) atoms. The number of nitrogens with zero attached hydrogens (tertiary/aromatic N) is 2. The Kier molecular flexibility index (Phi) is 4.09. The highest BCUT2D eigenvalue weighted by atomic mass is 32.1. The van der Waals surface area contributed by atoms with Crippen molar-refractivity contribution >= 4 is 17.3 Å². The average Bonchev–Trinajstić information content (AvgIpc) is 2.83. The van der Waals surface area contributed by atoms with Crippen LogP contribution in [0.1, 0.15) is 24.5 Å². The van der Waals surface area contributed by atoms with Gasteiger partial charge in [-0.05, 0) is 6.42 Å². The van der Waals surface area contributed by atoms with Crippen LogP contribution in [0.15, 0.2) is 11.6 Å². The third-order valence-corrected chi connectivity index (χ3v) is 3.80. The number of aromatic nitrogens is 1. The molecule has 0 aliphatic carbocycles. The number of thiazole rings is 1. The summed E-state index contributed by atoms with van der Waals surface area (Å²) in [5, 5.41) is 12.0. The molecule has 1 aromatic rings. The van der Waals surface area contributed by atoms with Gasteiger partial charge in [0.1, 0.15) is 17.2 Å². The molecule has 1 fully saturated rings. The van der Waals surface area contributed by atoms with Crippen LogP contribution in [0, 0.1) is 0 Å². The van der Waals surface area contributed by atoms with Crippen LogP contribution in [0.4, 0.5) is 0 Å². The normalized spacial score (nSPS) is 23.5. The predicted octanol–water partition coefficient (Wildman–Crippen LogP) is 1.38. The minimum Gasteiger partial charge on any atom is -0.480 e. The lowest BCUT2D eigenvalue weighted by Crippen LogP contribution is -2.48. The quantitative estimate of drug-likeness (QED) is 0.881. The van der Waals surface area contributed by atoms with E-state index in [9.17, 15) is 4.79 Å². The number of carboxylic acids is 1. The number of carboxylic acid groups (broad SMARTS) is 1. The van der Waals surface area contributed by atoms with Gasteiger partial charge in [0.15, 0.2) is 0 Å². The van der Waals surface area contributed by atoms with Gasteiger partial charge in [0, 0.05) is 24.7 Å². The van der Waals surface area contributed by atoms with Crippen molar-refractivity contribution in [1.82, 2.24) is 9.88 Å².